The van der Waals surface area contributed by atoms with Crippen molar-refractivity contribution < 1.29 is 28.7 Å². The van der Waals surface area contributed by atoms with Crippen LogP contribution in [0.5, 0.6) is 0 Å². The van der Waals surface area contributed by atoms with Gasteiger partial charge in [-0.05, 0) is 81.8 Å². The van der Waals surface area contributed by atoms with Crippen LogP contribution in [0.25, 0.3) is 0 Å². The molecule has 2 aromatic heterocycles. The molecule has 0 radical (unpaired) electrons. The van der Waals surface area contributed by atoms with Crippen molar-refractivity contribution >= 4 is 183 Å². The molecular formula is C45H50Br3Cl5N8O6S3. The number of Topliss-reactive ketones (excluding diaryl/α,β-unsaturated/α-hetero) is 2. The van der Waals surface area contributed by atoms with Crippen molar-refractivity contribution in [3.05, 3.63) is 162 Å². The van der Waals surface area contributed by atoms with Gasteiger partial charge in [0.25, 0.3) is 0 Å². The maximum absolute atomic E-state index is 12.2. The van der Waals surface area contributed by atoms with Gasteiger partial charge in [-0.3, -0.25) is 24.1 Å². The Balaban J connectivity index is 0. The summed E-state index contributed by atoms with van der Waals surface area (Å²) in [6, 6.07) is 27.9. The average Bonchev–Trinajstić information content (AvgIpc) is 3.99. The van der Waals surface area contributed by atoms with E-state index in [1.807, 2.05) is 33.1 Å². The van der Waals surface area contributed by atoms with Gasteiger partial charge in [0.05, 0.1) is 53.9 Å². The largest absolute Gasteiger partial charge is 0.377 e. The standard InChI is InChI=1S/C13H12ClN3OS.C10H7ClN2OS.C8H6BrClO.C8H7ClO.C5H13NO2.CH4N2S.Br2.ClH/c1-17(2)8-16-13-15-7-11(19-13)12(18)9-5-3-4-6-10(9)14;11-7-4-2-1-3-6(7)9(14)8-5-13-10(12)15-8;9-5-8(11)6-3-1-2-4-7(6)10;1-6(10)7-4-2-3-5-8(7)9;1-6(2)5(7-3)8-4;2-1(3)4;1-2;/h3-8H,1-2H3;1-5H,(H2,12,13);1-4H,5H2;2-5H,1H3;5H,1-4H3;(H4,2,3,4);;1H. The van der Waals surface area contributed by atoms with Crippen LogP contribution in [0.3, 0.4) is 0 Å². The molecule has 0 fully saturated rings. The Morgan fingerprint density at radius 3 is 1.34 bits per heavy atom. The van der Waals surface area contributed by atoms with Gasteiger partial charge in [0.2, 0.25) is 23.1 Å². The van der Waals surface area contributed by atoms with Crippen LogP contribution in [0, 0.1) is 0 Å². The molecule has 4 aromatic carbocycles. The molecule has 0 aliphatic carbocycles. The summed E-state index contributed by atoms with van der Waals surface area (Å²) in [5.41, 5.74) is 16.8. The number of anilines is 1. The van der Waals surface area contributed by atoms with Crippen LogP contribution in [0.1, 0.15) is 58.1 Å². The Morgan fingerprint density at radius 1 is 0.700 bits per heavy atom. The zero-order valence-corrected chi connectivity index (χ0v) is 49.5. The molecule has 0 bridgehead atoms. The Hall–Kier alpha value is -3.45. The Bertz CT molecular complexity index is 2550. The third-order valence-electron chi connectivity index (χ3n) is 7.47. The maximum Gasteiger partial charge on any atom is 0.217 e. The molecule has 14 nitrogen and oxygen atoms in total. The lowest BCUT2D eigenvalue weighted by atomic mass is 10.1. The third-order valence-corrected chi connectivity index (χ3v) is 11.0. The molecule has 25 heteroatoms. The lowest BCUT2D eigenvalue weighted by molar-refractivity contribution is -0.179. The molecule has 380 valence electrons. The summed E-state index contributed by atoms with van der Waals surface area (Å²) in [5, 5.41) is 3.16. The number of halogens is 8. The quantitative estimate of drug-likeness (QED) is 0.0260. The Morgan fingerprint density at radius 2 is 1.06 bits per heavy atom. The van der Waals surface area contributed by atoms with E-state index in [1.54, 1.807) is 123 Å². The van der Waals surface area contributed by atoms with Gasteiger partial charge in [0, 0.05) is 78.8 Å². The van der Waals surface area contributed by atoms with Gasteiger partial charge in [0.15, 0.2) is 21.8 Å². The van der Waals surface area contributed by atoms with Crippen LogP contribution in [0.4, 0.5) is 10.3 Å². The molecule has 0 atom stereocenters. The average molecular weight is 1310 g/mol. The van der Waals surface area contributed by atoms with Crippen LogP contribution >= 0.6 is 138 Å². The molecule has 0 spiro atoms. The summed E-state index contributed by atoms with van der Waals surface area (Å²) in [5.74, 6) is -0.259. The number of carbonyl (C=O) groups excluding carboxylic acids is 4. The van der Waals surface area contributed by atoms with Gasteiger partial charge >= 0.3 is 0 Å². The summed E-state index contributed by atoms with van der Waals surface area (Å²) >= 11 is 38.4. The number of hydrogen-bond donors (Lipinski definition) is 3. The number of rotatable bonds is 12. The van der Waals surface area contributed by atoms with Crippen molar-refractivity contribution in [1.29, 1.82) is 0 Å². The number of benzene rings is 4. The zero-order valence-electron chi connectivity index (χ0n) is 38.5. The number of alkyl halides is 1. The van der Waals surface area contributed by atoms with Crippen LogP contribution < -0.4 is 17.2 Å². The number of ether oxygens (including phenoxy) is 2. The molecule has 0 aliphatic heterocycles. The molecule has 6 aromatic rings. The van der Waals surface area contributed by atoms with E-state index in [0.29, 0.717) is 67.7 Å². The van der Waals surface area contributed by atoms with Crippen molar-refractivity contribution in [2.24, 2.45) is 16.5 Å². The van der Waals surface area contributed by atoms with Gasteiger partial charge in [-0.25, -0.2) is 15.0 Å². The van der Waals surface area contributed by atoms with Gasteiger partial charge < -0.3 is 31.6 Å². The van der Waals surface area contributed by atoms with E-state index in [9.17, 15) is 19.2 Å². The summed E-state index contributed by atoms with van der Waals surface area (Å²) in [7, 11) is 10.7. The van der Waals surface area contributed by atoms with E-state index in [4.69, 9.17) is 61.6 Å². The van der Waals surface area contributed by atoms with Crippen molar-refractivity contribution in [3.63, 3.8) is 0 Å². The first kappa shape index (κ1) is 68.6. The lowest BCUT2D eigenvalue weighted by Crippen LogP contribution is -2.30. The first-order valence-corrected chi connectivity index (χ1v) is 27.5. The fourth-order valence-corrected chi connectivity index (χ4v) is 7.17. The number of ketones is 4. The van der Waals surface area contributed by atoms with Gasteiger partial charge in [-0.1, -0.05) is 134 Å². The number of methoxy groups -OCH3 is 2. The van der Waals surface area contributed by atoms with Crippen molar-refractivity contribution in [1.82, 2.24) is 19.8 Å². The second-order valence-corrected chi connectivity index (χ2v) is 17.8. The van der Waals surface area contributed by atoms with Crippen LogP contribution in [0.2, 0.25) is 20.1 Å². The highest BCUT2D eigenvalue weighted by Gasteiger charge is 2.16. The van der Waals surface area contributed by atoms with E-state index in [0.717, 1.165) is 11.3 Å². The van der Waals surface area contributed by atoms with Crippen LogP contribution in [0.15, 0.2) is 114 Å². The summed E-state index contributed by atoms with van der Waals surface area (Å²) in [6.07, 6.45) is 4.42. The van der Waals surface area contributed by atoms with Crippen molar-refractivity contribution in [2.45, 2.75) is 13.3 Å². The third kappa shape index (κ3) is 27.4. The highest BCUT2D eigenvalue weighted by atomic mass is 80.9. The van der Waals surface area contributed by atoms with Crippen molar-refractivity contribution in [3.8, 4) is 0 Å². The molecule has 70 heavy (non-hydrogen) atoms. The number of nitrogen functional groups attached to an aromatic ring is 1. The summed E-state index contributed by atoms with van der Waals surface area (Å²) < 4.78 is 9.73. The molecule has 2 heterocycles. The summed E-state index contributed by atoms with van der Waals surface area (Å²) in [6.45, 7) is 1.50. The topological polar surface area (TPSA) is 209 Å². The van der Waals surface area contributed by atoms with E-state index >= 15 is 0 Å². The number of carbonyl (C=O) groups is 4. The first-order valence-electron chi connectivity index (χ1n) is 19.1. The maximum atomic E-state index is 12.2. The first-order chi connectivity index (χ1) is 32.7. The second kappa shape index (κ2) is 39.1. The summed E-state index contributed by atoms with van der Waals surface area (Å²) in [4.78, 5) is 62.8. The predicted molar refractivity (Wildman–Crippen MR) is 309 cm³/mol. The number of nitrogens with zero attached hydrogens (tertiary/aromatic N) is 5. The van der Waals surface area contributed by atoms with E-state index < -0.39 is 0 Å². The number of thiazole rings is 2. The Labute approximate surface area is 471 Å². The number of aromatic nitrogens is 2. The van der Waals surface area contributed by atoms with E-state index in [2.05, 4.69) is 82.8 Å². The molecule has 6 N–H and O–H groups in total. The lowest BCUT2D eigenvalue weighted by Gasteiger charge is -2.19. The second-order valence-electron chi connectivity index (χ2n) is 13.1. The van der Waals surface area contributed by atoms with Gasteiger partial charge in [-0.2, -0.15) is 0 Å². The number of thiocarbonyl (C=S) groups is 1. The van der Waals surface area contributed by atoms with Gasteiger partial charge in [0.1, 0.15) is 0 Å². The molecule has 6 rings (SSSR count). The molecular weight excluding hydrogens is 1260 g/mol. The fraction of sp³-hybridized carbons (Fsp3) is 0.200. The van der Waals surface area contributed by atoms with Crippen molar-refractivity contribution in [2.75, 3.05) is 53.5 Å². The molecule has 0 saturated carbocycles. The fourth-order valence-electron chi connectivity index (χ4n) is 4.57. The predicted octanol–water partition coefficient (Wildman–Crippen LogP) is 12.7. The minimum atomic E-state index is -0.213. The SMILES string of the molecule is BrBr.CC(=O)c1ccccc1Cl.CN(C)C=Nc1ncc(C(=O)c2ccccc2Cl)s1.COC(OC)N(C)C.Cl.NC(N)=S.Nc1ncc(C(=O)c2ccccc2Cl)s1.O=C(CBr)c1ccccc1Cl. The molecule has 0 unspecified atom stereocenters. The smallest absolute Gasteiger partial charge is 0.217 e. The molecule has 0 aliphatic rings. The highest BCUT2D eigenvalue weighted by molar-refractivity contribution is 9.93. The molecule has 0 saturated heterocycles. The minimum Gasteiger partial charge on any atom is -0.377 e. The van der Waals surface area contributed by atoms with Crippen LogP contribution in [-0.4, -0.2) is 109 Å². The van der Waals surface area contributed by atoms with E-state index in [-0.39, 0.29) is 47.1 Å². The monoisotopic (exact) mass is 1310 g/mol. The van der Waals surface area contributed by atoms with E-state index in [1.165, 1.54) is 30.7 Å². The number of aliphatic imine (C=N–C) groups is 1. The number of hydrogen-bond acceptors (Lipinski definition) is 14. The molecule has 0 amide bonds. The van der Waals surface area contributed by atoms with Crippen LogP contribution in [-0.2, 0) is 9.47 Å². The Kier molecular flexibility index (Phi) is 38.4. The minimum absolute atomic E-state index is 0. The number of nitrogens with two attached hydrogens (primary N) is 3. The normalized spacial score (nSPS) is 9.71. The van der Waals surface area contributed by atoms with Gasteiger partial charge in [-0.15, -0.1) is 12.4 Å². The zero-order chi connectivity index (χ0) is 52.6. The highest BCUT2D eigenvalue weighted by Crippen LogP contribution is 2.26.